The van der Waals surface area contributed by atoms with E-state index in [0.29, 0.717) is 5.69 Å². The van der Waals surface area contributed by atoms with Crippen molar-refractivity contribution in [1.82, 2.24) is 14.2 Å². The molecule has 0 radical (unpaired) electrons. The van der Waals surface area contributed by atoms with Crippen LogP contribution in [0.1, 0.15) is 11.4 Å². The number of hydrogen-bond acceptors (Lipinski definition) is 4. The molecule has 1 aromatic carbocycles. The summed E-state index contributed by atoms with van der Waals surface area (Å²) in [6, 6.07) is 8.22. The van der Waals surface area contributed by atoms with Crippen LogP contribution < -0.4 is 10.7 Å². The van der Waals surface area contributed by atoms with Crippen LogP contribution in [0.5, 0.6) is 0 Å². The molecule has 2 rings (SSSR count). The first-order chi connectivity index (χ1) is 11.7. The maximum atomic E-state index is 12.0. The van der Waals surface area contributed by atoms with E-state index in [-0.39, 0.29) is 10.0 Å². The second-order valence-electron chi connectivity index (χ2n) is 5.47. The Bertz CT molecular complexity index is 885. The zero-order valence-electron chi connectivity index (χ0n) is 14.4. The molecule has 0 spiro atoms. The molecule has 0 bridgehead atoms. The zero-order valence-corrected chi connectivity index (χ0v) is 16.0. The summed E-state index contributed by atoms with van der Waals surface area (Å²) in [5, 5.41) is 7.37. The van der Waals surface area contributed by atoms with Crippen LogP contribution >= 0.6 is 12.2 Å². The minimum atomic E-state index is -3.45. The van der Waals surface area contributed by atoms with E-state index >= 15 is 0 Å². The molecule has 0 amide bonds. The molecule has 0 aliphatic rings. The molecule has 8 nitrogen and oxygen atoms in total. The number of nitrogens with one attached hydrogen (secondary N) is 2. The van der Waals surface area contributed by atoms with Crippen LogP contribution in [0.15, 0.2) is 40.2 Å². The number of sulfonamides is 1. The second kappa shape index (κ2) is 7.72. The molecule has 10 heteroatoms. The molecule has 0 saturated heterocycles. The number of aromatic nitrogens is 2. The SMILES string of the molecule is Cc1cc(C)n(NC=NC(=S)Nc2ccc(S(=O)(=O)N(C)C)cc2)n1. The Morgan fingerprint density at radius 2 is 1.92 bits per heavy atom. The van der Waals surface area contributed by atoms with Crippen LogP contribution in [-0.2, 0) is 10.0 Å². The van der Waals surface area contributed by atoms with Crippen molar-refractivity contribution in [2.75, 3.05) is 24.8 Å². The summed E-state index contributed by atoms with van der Waals surface area (Å²) >= 11 is 5.13. The van der Waals surface area contributed by atoms with Crippen molar-refractivity contribution in [2.24, 2.45) is 4.99 Å². The lowest BCUT2D eigenvalue weighted by Crippen LogP contribution is -2.22. The lowest BCUT2D eigenvalue weighted by Gasteiger charge is -2.12. The number of rotatable bonds is 5. The highest BCUT2D eigenvalue weighted by Crippen LogP contribution is 2.16. The van der Waals surface area contributed by atoms with Crippen molar-refractivity contribution in [3.8, 4) is 0 Å². The summed E-state index contributed by atoms with van der Waals surface area (Å²) in [6.07, 6.45) is 1.43. The van der Waals surface area contributed by atoms with Gasteiger partial charge in [-0.15, -0.1) is 0 Å². The summed E-state index contributed by atoms with van der Waals surface area (Å²) in [6.45, 7) is 3.81. The summed E-state index contributed by atoms with van der Waals surface area (Å²) in [5.74, 6) is 0. The molecule has 2 aromatic rings. The maximum Gasteiger partial charge on any atom is 0.242 e. The first-order valence-electron chi connectivity index (χ1n) is 7.36. The third-order valence-corrected chi connectivity index (χ3v) is 5.29. The fourth-order valence-electron chi connectivity index (χ4n) is 1.98. The predicted molar refractivity (Wildman–Crippen MR) is 103 cm³/mol. The summed E-state index contributed by atoms with van der Waals surface area (Å²) in [5.41, 5.74) is 5.38. The normalized spacial score (nSPS) is 11.9. The van der Waals surface area contributed by atoms with Gasteiger partial charge in [-0.25, -0.2) is 17.7 Å². The van der Waals surface area contributed by atoms with Gasteiger partial charge >= 0.3 is 0 Å². The largest absolute Gasteiger partial charge is 0.331 e. The Balaban J connectivity index is 1.96. The van der Waals surface area contributed by atoms with Crippen molar-refractivity contribution >= 4 is 39.4 Å². The average Bonchev–Trinajstić information content (AvgIpc) is 2.85. The molecule has 0 atom stereocenters. The van der Waals surface area contributed by atoms with Crippen molar-refractivity contribution < 1.29 is 8.42 Å². The van der Waals surface area contributed by atoms with E-state index in [0.717, 1.165) is 15.7 Å². The standard InChI is InChI=1S/C15H20N6O2S2/c1-11-9-12(2)21(19-11)17-10-16-15(24)18-13-5-7-14(8-6-13)25(22,23)20(3)4/h5-10H,1-4H3,(H2,16,17,18,24). The highest BCUT2D eigenvalue weighted by molar-refractivity contribution is 7.89. The van der Waals surface area contributed by atoms with Gasteiger partial charge in [0.2, 0.25) is 10.0 Å². The van der Waals surface area contributed by atoms with Gasteiger partial charge in [0.1, 0.15) is 6.34 Å². The van der Waals surface area contributed by atoms with Crippen LogP contribution in [0, 0.1) is 13.8 Å². The van der Waals surface area contributed by atoms with Gasteiger partial charge in [0.15, 0.2) is 5.11 Å². The van der Waals surface area contributed by atoms with Crippen LogP contribution in [0.3, 0.4) is 0 Å². The monoisotopic (exact) mass is 380 g/mol. The van der Waals surface area contributed by atoms with E-state index in [9.17, 15) is 8.42 Å². The Hall–Kier alpha value is -2.30. The fraction of sp³-hybridized carbons (Fsp3) is 0.267. The molecule has 0 unspecified atom stereocenters. The number of anilines is 1. The molecule has 1 aromatic heterocycles. The quantitative estimate of drug-likeness (QED) is 0.466. The van der Waals surface area contributed by atoms with E-state index in [4.69, 9.17) is 12.2 Å². The molecule has 1 heterocycles. The van der Waals surface area contributed by atoms with Gasteiger partial charge < -0.3 is 5.32 Å². The van der Waals surface area contributed by atoms with Gasteiger partial charge in [0.25, 0.3) is 0 Å². The smallest absolute Gasteiger partial charge is 0.242 e. The lowest BCUT2D eigenvalue weighted by atomic mass is 10.3. The van der Waals surface area contributed by atoms with E-state index in [1.807, 2.05) is 19.9 Å². The fourth-order valence-corrected chi connectivity index (χ4v) is 3.05. The third kappa shape index (κ3) is 4.84. The molecule has 0 fully saturated rings. The highest BCUT2D eigenvalue weighted by Gasteiger charge is 2.16. The summed E-state index contributed by atoms with van der Waals surface area (Å²) < 4.78 is 25.2. The van der Waals surface area contributed by atoms with Crippen LogP contribution in [0.25, 0.3) is 0 Å². The molecule has 0 aliphatic heterocycles. The predicted octanol–water partition coefficient (Wildman–Crippen LogP) is 1.72. The first-order valence-corrected chi connectivity index (χ1v) is 9.21. The van der Waals surface area contributed by atoms with Gasteiger partial charge in [0, 0.05) is 19.8 Å². The minimum Gasteiger partial charge on any atom is -0.331 e. The van der Waals surface area contributed by atoms with Crippen molar-refractivity contribution in [3.63, 3.8) is 0 Å². The Labute approximate surface area is 152 Å². The van der Waals surface area contributed by atoms with E-state index in [2.05, 4.69) is 20.8 Å². The Morgan fingerprint density at radius 1 is 1.28 bits per heavy atom. The molecule has 0 saturated carbocycles. The van der Waals surface area contributed by atoms with Crippen LogP contribution in [0.2, 0.25) is 0 Å². The van der Waals surface area contributed by atoms with E-state index in [1.54, 1.807) is 16.9 Å². The molecular weight excluding hydrogens is 360 g/mol. The number of aryl methyl sites for hydroxylation is 2. The van der Waals surface area contributed by atoms with Gasteiger partial charge in [-0.2, -0.15) is 9.89 Å². The average molecular weight is 380 g/mol. The second-order valence-corrected chi connectivity index (χ2v) is 8.01. The van der Waals surface area contributed by atoms with E-state index in [1.165, 1.54) is 32.6 Å². The minimum absolute atomic E-state index is 0.212. The Morgan fingerprint density at radius 3 is 2.44 bits per heavy atom. The van der Waals surface area contributed by atoms with Gasteiger partial charge in [-0.05, 0) is 56.4 Å². The van der Waals surface area contributed by atoms with E-state index < -0.39 is 10.0 Å². The maximum absolute atomic E-state index is 12.0. The molecular formula is C15H20N6O2S2. The van der Waals surface area contributed by atoms with Gasteiger partial charge in [0.05, 0.1) is 16.3 Å². The van der Waals surface area contributed by atoms with Crippen LogP contribution in [0.4, 0.5) is 5.69 Å². The van der Waals surface area contributed by atoms with Crippen LogP contribution in [-0.4, -0.2) is 48.2 Å². The molecule has 0 aliphatic carbocycles. The zero-order chi connectivity index (χ0) is 18.6. The molecule has 25 heavy (non-hydrogen) atoms. The number of hydrogen-bond donors (Lipinski definition) is 2. The summed E-state index contributed by atoms with van der Waals surface area (Å²) in [4.78, 5) is 5.86. The van der Waals surface area contributed by atoms with Gasteiger partial charge in [-0.3, -0.25) is 5.43 Å². The number of thiocarbonyl (C=S) groups is 1. The van der Waals surface area contributed by atoms with Crippen molar-refractivity contribution in [1.29, 1.82) is 0 Å². The number of nitrogens with zero attached hydrogens (tertiary/aromatic N) is 4. The summed E-state index contributed by atoms with van der Waals surface area (Å²) in [7, 11) is -0.471. The number of benzene rings is 1. The molecule has 134 valence electrons. The van der Waals surface area contributed by atoms with Crippen molar-refractivity contribution in [3.05, 3.63) is 41.7 Å². The molecule has 2 N–H and O–H groups in total. The van der Waals surface area contributed by atoms with Crippen molar-refractivity contribution in [2.45, 2.75) is 18.7 Å². The van der Waals surface area contributed by atoms with Gasteiger partial charge in [-0.1, -0.05) is 0 Å². The lowest BCUT2D eigenvalue weighted by molar-refractivity contribution is 0.521. The third-order valence-electron chi connectivity index (χ3n) is 3.26. The first kappa shape index (κ1) is 19.0. The topological polar surface area (TPSA) is 91.6 Å². The highest BCUT2D eigenvalue weighted by atomic mass is 32.2. The Kier molecular flexibility index (Phi) is 5.88. The number of aliphatic imine (C=N–C) groups is 1.